The predicted octanol–water partition coefficient (Wildman–Crippen LogP) is 2.99. The third-order valence-corrected chi connectivity index (χ3v) is 5.34. The summed E-state index contributed by atoms with van der Waals surface area (Å²) >= 11 is 1.72. The molecule has 0 atom stereocenters. The number of fused-ring (bicyclic) bond motifs is 1. The fourth-order valence-electron chi connectivity index (χ4n) is 2.94. The van der Waals surface area contributed by atoms with Crippen molar-refractivity contribution in [2.24, 2.45) is 0 Å². The third-order valence-electron chi connectivity index (χ3n) is 4.24. The summed E-state index contributed by atoms with van der Waals surface area (Å²) in [6.45, 7) is 3.56. The van der Waals surface area contributed by atoms with Gasteiger partial charge in [-0.1, -0.05) is 28.6 Å². The van der Waals surface area contributed by atoms with Gasteiger partial charge in [-0.3, -0.25) is 4.79 Å². The number of carbonyl (C=O) groups excluding carboxylic acids is 1. The van der Waals surface area contributed by atoms with E-state index in [4.69, 9.17) is 9.51 Å². The predicted molar refractivity (Wildman–Crippen MR) is 93.6 cm³/mol. The van der Waals surface area contributed by atoms with Crippen LogP contribution in [0.1, 0.15) is 29.1 Å². The Kier molecular flexibility index (Phi) is 3.93. The van der Waals surface area contributed by atoms with Crippen LogP contribution in [-0.4, -0.2) is 35.2 Å². The Morgan fingerprint density at radius 3 is 2.83 bits per heavy atom. The minimum atomic E-state index is -0.162. The summed E-state index contributed by atoms with van der Waals surface area (Å²) in [5.74, 6) is 0.482. The molecule has 6 nitrogen and oxygen atoms in total. The molecular formula is C17H18N4O2S. The first-order valence-corrected chi connectivity index (χ1v) is 8.85. The molecule has 0 saturated carbocycles. The summed E-state index contributed by atoms with van der Waals surface area (Å²) in [7, 11) is 0. The van der Waals surface area contributed by atoms with Crippen molar-refractivity contribution in [3.63, 3.8) is 0 Å². The Morgan fingerprint density at radius 1 is 1.33 bits per heavy atom. The summed E-state index contributed by atoms with van der Waals surface area (Å²) in [5.41, 5.74) is 1.40. The Morgan fingerprint density at radius 2 is 2.12 bits per heavy atom. The zero-order valence-corrected chi connectivity index (χ0v) is 14.2. The molecule has 0 radical (unpaired) electrons. The highest BCUT2D eigenvalue weighted by Crippen LogP contribution is 2.30. The standard InChI is InChI=1S/C17H18N4O2S/c1-11-10-14(20-23-11)16(22)18-12-6-8-21(9-7-12)17-19-13-4-2-3-5-15(13)24-17/h2-5,10,12H,6-9H2,1H3,(H,18,22). The lowest BCUT2D eigenvalue weighted by molar-refractivity contribution is 0.0922. The van der Waals surface area contributed by atoms with Crippen LogP contribution in [0.25, 0.3) is 10.2 Å². The number of nitrogens with zero attached hydrogens (tertiary/aromatic N) is 3. The maximum atomic E-state index is 12.1. The van der Waals surface area contributed by atoms with Gasteiger partial charge in [-0.25, -0.2) is 4.98 Å². The molecule has 0 spiro atoms. The maximum absolute atomic E-state index is 12.1. The highest BCUT2D eigenvalue weighted by Gasteiger charge is 2.24. The van der Waals surface area contributed by atoms with Gasteiger partial charge in [0.05, 0.1) is 10.2 Å². The Labute approximate surface area is 143 Å². The Balaban J connectivity index is 1.37. The first-order valence-electron chi connectivity index (χ1n) is 8.04. The van der Waals surface area contributed by atoms with E-state index in [1.165, 1.54) is 4.70 Å². The number of hydrogen-bond donors (Lipinski definition) is 1. The van der Waals surface area contributed by atoms with Gasteiger partial charge in [0, 0.05) is 25.2 Å². The van der Waals surface area contributed by atoms with Crippen molar-refractivity contribution in [1.29, 1.82) is 0 Å². The second-order valence-electron chi connectivity index (χ2n) is 6.02. The first kappa shape index (κ1) is 15.1. The van der Waals surface area contributed by atoms with Crippen LogP contribution in [0, 0.1) is 6.92 Å². The number of para-hydroxylation sites is 1. The summed E-state index contributed by atoms with van der Waals surface area (Å²) in [6, 6.07) is 10.0. The largest absolute Gasteiger partial charge is 0.361 e. The van der Waals surface area contributed by atoms with Gasteiger partial charge in [0.15, 0.2) is 10.8 Å². The van der Waals surface area contributed by atoms with E-state index in [1.54, 1.807) is 24.3 Å². The first-order chi connectivity index (χ1) is 11.7. The van der Waals surface area contributed by atoms with Crippen LogP contribution in [0.5, 0.6) is 0 Å². The number of rotatable bonds is 3. The zero-order chi connectivity index (χ0) is 16.5. The van der Waals surface area contributed by atoms with E-state index < -0.39 is 0 Å². The second-order valence-corrected chi connectivity index (χ2v) is 7.03. The van der Waals surface area contributed by atoms with Gasteiger partial charge in [0.1, 0.15) is 5.76 Å². The van der Waals surface area contributed by atoms with Crippen LogP contribution in [0.15, 0.2) is 34.9 Å². The Bertz CT molecular complexity index is 831. The minimum absolute atomic E-state index is 0.162. The average molecular weight is 342 g/mol. The van der Waals surface area contributed by atoms with E-state index in [9.17, 15) is 4.79 Å². The van der Waals surface area contributed by atoms with E-state index in [0.29, 0.717) is 11.5 Å². The summed E-state index contributed by atoms with van der Waals surface area (Å²) in [5, 5.41) is 7.87. The van der Waals surface area contributed by atoms with E-state index in [2.05, 4.69) is 21.4 Å². The third kappa shape index (κ3) is 2.99. The molecule has 3 aromatic rings. The lowest BCUT2D eigenvalue weighted by Crippen LogP contribution is -2.44. The highest BCUT2D eigenvalue weighted by molar-refractivity contribution is 7.22. The fraction of sp³-hybridized carbons (Fsp3) is 0.353. The highest BCUT2D eigenvalue weighted by atomic mass is 32.1. The number of benzene rings is 1. The van der Waals surface area contributed by atoms with E-state index in [0.717, 1.165) is 36.6 Å². The van der Waals surface area contributed by atoms with Crippen molar-refractivity contribution >= 4 is 32.6 Å². The number of anilines is 1. The number of piperidine rings is 1. The van der Waals surface area contributed by atoms with Gasteiger partial charge in [-0.05, 0) is 31.9 Å². The van der Waals surface area contributed by atoms with Crippen LogP contribution in [0.2, 0.25) is 0 Å². The molecule has 1 saturated heterocycles. The lowest BCUT2D eigenvalue weighted by atomic mass is 10.1. The van der Waals surface area contributed by atoms with E-state index in [-0.39, 0.29) is 11.9 Å². The maximum Gasteiger partial charge on any atom is 0.273 e. The molecule has 124 valence electrons. The van der Waals surface area contributed by atoms with Crippen LogP contribution in [0.4, 0.5) is 5.13 Å². The van der Waals surface area contributed by atoms with Crippen molar-refractivity contribution in [3.05, 3.63) is 41.8 Å². The van der Waals surface area contributed by atoms with Crippen molar-refractivity contribution < 1.29 is 9.32 Å². The van der Waals surface area contributed by atoms with E-state index >= 15 is 0 Å². The fourth-order valence-corrected chi connectivity index (χ4v) is 3.96. The molecule has 4 rings (SSSR count). The molecule has 1 aliphatic rings. The molecule has 0 unspecified atom stereocenters. The molecule has 0 aliphatic carbocycles. The van der Waals surface area contributed by atoms with Crippen LogP contribution in [0.3, 0.4) is 0 Å². The van der Waals surface area contributed by atoms with Crippen molar-refractivity contribution in [2.75, 3.05) is 18.0 Å². The average Bonchev–Trinajstić information content (AvgIpc) is 3.21. The quantitative estimate of drug-likeness (QED) is 0.792. The molecule has 24 heavy (non-hydrogen) atoms. The molecule has 1 aromatic carbocycles. The normalized spacial score (nSPS) is 15.8. The molecule has 2 aromatic heterocycles. The molecule has 1 amide bonds. The van der Waals surface area contributed by atoms with Crippen LogP contribution < -0.4 is 10.2 Å². The van der Waals surface area contributed by atoms with Crippen molar-refractivity contribution in [2.45, 2.75) is 25.8 Å². The number of nitrogens with one attached hydrogen (secondary N) is 1. The molecule has 7 heteroatoms. The molecule has 1 aliphatic heterocycles. The summed E-state index contributed by atoms with van der Waals surface area (Å²) in [6.07, 6.45) is 1.80. The smallest absolute Gasteiger partial charge is 0.273 e. The lowest BCUT2D eigenvalue weighted by Gasteiger charge is -2.31. The van der Waals surface area contributed by atoms with Gasteiger partial charge in [0.25, 0.3) is 5.91 Å². The number of hydrogen-bond acceptors (Lipinski definition) is 6. The number of amides is 1. The second kappa shape index (κ2) is 6.24. The molecule has 0 bridgehead atoms. The van der Waals surface area contributed by atoms with Crippen LogP contribution >= 0.6 is 11.3 Å². The van der Waals surface area contributed by atoms with Crippen molar-refractivity contribution in [3.8, 4) is 0 Å². The van der Waals surface area contributed by atoms with Crippen molar-refractivity contribution in [1.82, 2.24) is 15.5 Å². The number of carbonyl (C=O) groups is 1. The zero-order valence-electron chi connectivity index (χ0n) is 13.4. The van der Waals surface area contributed by atoms with E-state index in [1.807, 2.05) is 18.2 Å². The number of thiazole rings is 1. The number of aryl methyl sites for hydroxylation is 1. The molecule has 1 N–H and O–H groups in total. The SMILES string of the molecule is Cc1cc(C(=O)NC2CCN(c3nc4ccccc4s3)CC2)no1. The van der Waals surface area contributed by atoms with Gasteiger partial charge < -0.3 is 14.7 Å². The van der Waals surface area contributed by atoms with Gasteiger partial charge >= 0.3 is 0 Å². The Hall–Kier alpha value is -2.41. The van der Waals surface area contributed by atoms with Gasteiger partial charge in [0.2, 0.25) is 0 Å². The van der Waals surface area contributed by atoms with Crippen LogP contribution in [-0.2, 0) is 0 Å². The molecule has 1 fully saturated rings. The number of aromatic nitrogens is 2. The summed E-state index contributed by atoms with van der Waals surface area (Å²) < 4.78 is 6.16. The van der Waals surface area contributed by atoms with Gasteiger partial charge in [-0.2, -0.15) is 0 Å². The topological polar surface area (TPSA) is 71.3 Å². The molecule has 3 heterocycles. The summed E-state index contributed by atoms with van der Waals surface area (Å²) in [4.78, 5) is 19.1. The minimum Gasteiger partial charge on any atom is -0.361 e. The monoisotopic (exact) mass is 342 g/mol. The van der Waals surface area contributed by atoms with Gasteiger partial charge in [-0.15, -0.1) is 0 Å². The molecular weight excluding hydrogens is 324 g/mol.